The van der Waals surface area contributed by atoms with Crippen LogP contribution in [0, 0.1) is 25.6 Å². The van der Waals surface area contributed by atoms with Crippen LogP contribution in [0.4, 0.5) is 10.1 Å². The van der Waals surface area contributed by atoms with Gasteiger partial charge in [-0.1, -0.05) is 52.7 Å². The number of halogens is 2. The lowest BCUT2D eigenvalue weighted by Gasteiger charge is -2.30. The summed E-state index contributed by atoms with van der Waals surface area (Å²) in [7, 11) is -3.87. The Kier molecular flexibility index (Phi) is 7.39. The maximum Gasteiger partial charge on any atom is 0.248 e. The second-order valence-electron chi connectivity index (χ2n) is 8.50. The summed E-state index contributed by atoms with van der Waals surface area (Å²) in [5, 5.41) is 6.51. The van der Waals surface area contributed by atoms with Crippen LogP contribution in [0.3, 0.4) is 0 Å². The number of hydrogen-bond donors (Lipinski definition) is 1. The highest BCUT2D eigenvalue weighted by atomic mass is 35.5. The third kappa shape index (κ3) is 5.63. The summed E-state index contributed by atoms with van der Waals surface area (Å²) in [5.41, 5.74) is 2.70. The number of hydrogen-bond acceptors (Lipinski definition) is 5. The molecule has 2 aromatic carbocycles. The molecule has 0 unspecified atom stereocenters. The highest BCUT2D eigenvalue weighted by Gasteiger charge is 2.36. The van der Waals surface area contributed by atoms with Crippen molar-refractivity contribution >= 4 is 45.4 Å². The van der Waals surface area contributed by atoms with Crippen molar-refractivity contribution in [1.29, 1.82) is 0 Å². The molecule has 184 valence electrons. The van der Waals surface area contributed by atoms with Crippen molar-refractivity contribution < 1.29 is 22.1 Å². The molecule has 4 rings (SSSR count). The molecule has 0 aliphatic carbocycles. The van der Waals surface area contributed by atoms with Crippen LogP contribution >= 0.6 is 11.6 Å². The van der Waals surface area contributed by atoms with E-state index in [0.717, 1.165) is 11.1 Å². The van der Waals surface area contributed by atoms with E-state index in [-0.39, 0.29) is 46.3 Å². The Labute approximate surface area is 208 Å². The number of benzene rings is 2. The van der Waals surface area contributed by atoms with E-state index < -0.39 is 15.8 Å². The second-order valence-corrected chi connectivity index (χ2v) is 10.8. The normalized spacial score (nSPS) is 15.5. The summed E-state index contributed by atoms with van der Waals surface area (Å²) in [6, 6.07) is 11.7. The molecule has 0 saturated carbocycles. The maximum absolute atomic E-state index is 13.4. The molecule has 35 heavy (non-hydrogen) atoms. The minimum absolute atomic E-state index is 0.0321. The van der Waals surface area contributed by atoms with Crippen molar-refractivity contribution in [3.8, 4) is 0 Å². The van der Waals surface area contributed by atoms with Gasteiger partial charge in [-0.25, -0.2) is 12.8 Å². The summed E-state index contributed by atoms with van der Waals surface area (Å²) < 4.78 is 46.9. The molecule has 3 aromatic rings. The Morgan fingerprint density at radius 2 is 1.83 bits per heavy atom. The molecule has 0 bridgehead atoms. The number of rotatable bonds is 6. The van der Waals surface area contributed by atoms with Crippen LogP contribution < -0.4 is 5.32 Å². The van der Waals surface area contributed by atoms with E-state index in [9.17, 15) is 17.6 Å². The second kappa shape index (κ2) is 10.3. The lowest BCUT2D eigenvalue weighted by Crippen LogP contribution is -2.41. The van der Waals surface area contributed by atoms with E-state index in [2.05, 4.69) is 10.5 Å². The molecule has 1 aliphatic heterocycles. The summed E-state index contributed by atoms with van der Waals surface area (Å²) in [6.45, 7) is 3.93. The van der Waals surface area contributed by atoms with Crippen molar-refractivity contribution in [1.82, 2.24) is 9.46 Å². The molecule has 1 N–H and O–H groups in total. The molecule has 1 fully saturated rings. The Balaban J connectivity index is 1.44. The molecule has 1 amide bonds. The fourth-order valence-corrected chi connectivity index (χ4v) is 5.85. The van der Waals surface area contributed by atoms with Crippen LogP contribution in [0.2, 0.25) is 5.02 Å². The Bertz CT molecular complexity index is 1360. The van der Waals surface area contributed by atoms with Crippen molar-refractivity contribution in [3.63, 3.8) is 0 Å². The number of aromatic nitrogens is 1. The third-order valence-electron chi connectivity index (χ3n) is 5.95. The molecule has 1 saturated heterocycles. The van der Waals surface area contributed by atoms with E-state index in [4.69, 9.17) is 16.1 Å². The highest BCUT2D eigenvalue weighted by Crippen LogP contribution is 2.30. The first kappa shape index (κ1) is 25.1. The number of amides is 1. The van der Waals surface area contributed by atoms with Gasteiger partial charge in [0.1, 0.15) is 11.5 Å². The van der Waals surface area contributed by atoms with Gasteiger partial charge >= 0.3 is 0 Å². The van der Waals surface area contributed by atoms with Gasteiger partial charge in [0.15, 0.2) is 10.7 Å². The Morgan fingerprint density at radius 3 is 2.49 bits per heavy atom. The predicted octanol–water partition coefficient (Wildman–Crippen LogP) is 5.29. The van der Waals surface area contributed by atoms with Gasteiger partial charge in [0.25, 0.3) is 0 Å². The lowest BCUT2D eigenvalue weighted by molar-refractivity contribution is -0.120. The first-order valence-corrected chi connectivity index (χ1v) is 12.9. The van der Waals surface area contributed by atoms with Crippen LogP contribution in [0.1, 0.15) is 35.4 Å². The quantitative estimate of drug-likeness (QED) is 0.479. The molecule has 0 radical (unpaired) electrons. The predicted molar refractivity (Wildman–Crippen MR) is 133 cm³/mol. The number of nitrogens with one attached hydrogen (secondary N) is 1. The zero-order valence-electron chi connectivity index (χ0n) is 19.3. The maximum atomic E-state index is 13.4. The van der Waals surface area contributed by atoms with Gasteiger partial charge < -0.3 is 9.84 Å². The number of nitrogens with zero attached hydrogens (tertiary/aromatic N) is 2. The smallest absolute Gasteiger partial charge is 0.248 e. The fourth-order valence-electron chi connectivity index (χ4n) is 3.95. The highest BCUT2D eigenvalue weighted by molar-refractivity contribution is 7.89. The van der Waals surface area contributed by atoms with Gasteiger partial charge in [-0.15, -0.1) is 0 Å². The molecular formula is C25H25ClFN3O4S. The molecule has 7 nitrogen and oxygen atoms in total. The minimum atomic E-state index is -3.87. The summed E-state index contributed by atoms with van der Waals surface area (Å²) in [6.07, 6.45) is 4.07. The van der Waals surface area contributed by atoms with Crippen molar-refractivity contribution in [2.45, 2.75) is 31.6 Å². The van der Waals surface area contributed by atoms with Gasteiger partial charge in [0.2, 0.25) is 15.9 Å². The monoisotopic (exact) mass is 517 g/mol. The SMILES string of the molecule is Cc1ccc(C=Cc2onc(C)c2S(=O)(=O)N2CCC(C(=O)Nc3ccc(F)c(Cl)c3)CC2)cc1. The lowest BCUT2D eigenvalue weighted by atomic mass is 9.97. The van der Waals surface area contributed by atoms with Crippen LogP contribution in [0.15, 0.2) is 51.9 Å². The third-order valence-corrected chi connectivity index (χ3v) is 8.29. The molecule has 2 heterocycles. The molecule has 0 atom stereocenters. The molecule has 10 heteroatoms. The minimum Gasteiger partial charge on any atom is -0.355 e. The molecular weight excluding hydrogens is 493 g/mol. The van der Waals surface area contributed by atoms with Crippen molar-refractivity contribution in [3.05, 3.63) is 75.9 Å². The van der Waals surface area contributed by atoms with E-state index >= 15 is 0 Å². The van der Waals surface area contributed by atoms with Crippen LogP contribution in [-0.2, 0) is 14.8 Å². The fraction of sp³-hybridized carbons (Fsp3) is 0.280. The Hall–Kier alpha value is -3.01. The van der Waals surface area contributed by atoms with Crippen LogP contribution in [0.25, 0.3) is 12.2 Å². The number of carbonyl (C=O) groups is 1. The van der Waals surface area contributed by atoms with E-state index in [1.54, 1.807) is 19.1 Å². The van der Waals surface area contributed by atoms with Gasteiger partial charge in [0, 0.05) is 24.7 Å². The largest absolute Gasteiger partial charge is 0.355 e. The van der Waals surface area contributed by atoms with Crippen LogP contribution in [-0.4, -0.2) is 36.9 Å². The molecule has 1 aliphatic rings. The standard InChI is InChI=1S/C25H25ClFN3O4S/c1-16-3-5-18(6-4-16)7-10-23-24(17(2)29-34-23)35(32,33)30-13-11-19(12-14-30)25(31)28-20-8-9-22(27)21(26)15-20/h3-10,15,19H,11-14H2,1-2H3,(H,28,31). The first-order valence-electron chi connectivity index (χ1n) is 11.1. The first-order chi connectivity index (χ1) is 16.6. The van der Waals surface area contributed by atoms with E-state index in [0.29, 0.717) is 18.5 Å². The van der Waals surface area contributed by atoms with Crippen molar-refractivity contribution in [2.75, 3.05) is 18.4 Å². The van der Waals surface area contributed by atoms with Crippen LogP contribution in [0.5, 0.6) is 0 Å². The summed E-state index contributed by atoms with van der Waals surface area (Å²) >= 11 is 5.77. The Morgan fingerprint density at radius 1 is 1.14 bits per heavy atom. The van der Waals surface area contributed by atoms with E-state index in [1.165, 1.54) is 22.5 Å². The number of sulfonamides is 1. The number of carbonyl (C=O) groups excluding carboxylic acids is 1. The topological polar surface area (TPSA) is 92.5 Å². The van der Waals surface area contributed by atoms with Gasteiger partial charge in [-0.2, -0.15) is 4.31 Å². The number of piperidine rings is 1. The summed E-state index contributed by atoms with van der Waals surface area (Å²) in [4.78, 5) is 12.7. The number of aryl methyl sites for hydroxylation is 2. The molecule has 0 spiro atoms. The number of anilines is 1. The zero-order chi connectivity index (χ0) is 25.2. The van der Waals surface area contributed by atoms with Gasteiger partial charge in [0.05, 0.1) is 5.02 Å². The van der Waals surface area contributed by atoms with Crippen molar-refractivity contribution in [2.24, 2.45) is 5.92 Å². The zero-order valence-corrected chi connectivity index (χ0v) is 20.9. The van der Waals surface area contributed by atoms with Gasteiger partial charge in [-0.05, 0) is 56.5 Å². The molecule has 1 aromatic heterocycles. The average molecular weight is 518 g/mol. The summed E-state index contributed by atoms with van der Waals surface area (Å²) in [5.74, 6) is -1.04. The average Bonchev–Trinajstić information content (AvgIpc) is 3.22. The van der Waals surface area contributed by atoms with E-state index in [1.807, 2.05) is 31.2 Å². The van der Waals surface area contributed by atoms with Gasteiger partial charge in [-0.3, -0.25) is 4.79 Å².